The number of hydrogen-bond donors (Lipinski definition) is 1. The van der Waals surface area contributed by atoms with Gasteiger partial charge in [-0.25, -0.2) is 0 Å². The molecule has 2 rings (SSSR count). The molecule has 1 aliphatic heterocycles. The number of likely N-dealkylation sites (tertiary alicyclic amines) is 1. The van der Waals surface area contributed by atoms with Crippen molar-refractivity contribution in [2.45, 2.75) is 38.9 Å². The third kappa shape index (κ3) is 4.54. The fraction of sp³-hybridized carbons (Fsp3) is 0.688. The van der Waals surface area contributed by atoms with Crippen molar-refractivity contribution in [1.29, 1.82) is 0 Å². The zero-order chi connectivity index (χ0) is 14.4. The number of nitrogens with zero attached hydrogens (tertiary/aromatic N) is 3. The first-order valence-electron chi connectivity index (χ1n) is 7.72. The van der Waals surface area contributed by atoms with Crippen LogP contribution in [0.2, 0.25) is 0 Å². The van der Waals surface area contributed by atoms with Gasteiger partial charge in [0.1, 0.15) is 0 Å². The highest BCUT2D eigenvalue weighted by atomic mass is 15.2. The maximum Gasteiger partial charge on any atom is 0.0544 e. The van der Waals surface area contributed by atoms with Gasteiger partial charge in [0.25, 0.3) is 0 Å². The molecule has 4 nitrogen and oxygen atoms in total. The molecule has 1 aromatic heterocycles. The van der Waals surface area contributed by atoms with E-state index in [4.69, 9.17) is 0 Å². The van der Waals surface area contributed by atoms with Crippen LogP contribution in [-0.4, -0.2) is 54.6 Å². The number of nitrogens with one attached hydrogen (secondary N) is 1. The Morgan fingerprint density at radius 3 is 2.85 bits per heavy atom. The van der Waals surface area contributed by atoms with Crippen LogP contribution in [0.15, 0.2) is 18.3 Å². The molecule has 112 valence electrons. The first kappa shape index (κ1) is 15.4. The third-order valence-electron chi connectivity index (χ3n) is 4.01. The van der Waals surface area contributed by atoms with E-state index in [2.05, 4.69) is 53.3 Å². The van der Waals surface area contributed by atoms with Crippen LogP contribution in [0.1, 0.15) is 31.0 Å². The van der Waals surface area contributed by atoms with Crippen LogP contribution >= 0.6 is 0 Å². The Morgan fingerprint density at radius 1 is 1.40 bits per heavy atom. The Kier molecular flexibility index (Phi) is 5.95. The van der Waals surface area contributed by atoms with Gasteiger partial charge in [-0.2, -0.15) is 0 Å². The summed E-state index contributed by atoms with van der Waals surface area (Å²) in [7, 11) is 4.34. The van der Waals surface area contributed by atoms with Gasteiger partial charge >= 0.3 is 0 Å². The van der Waals surface area contributed by atoms with Crippen molar-refractivity contribution in [2.24, 2.45) is 0 Å². The maximum atomic E-state index is 4.60. The molecule has 20 heavy (non-hydrogen) atoms. The summed E-state index contributed by atoms with van der Waals surface area (Å²) in [5.41, 5.74) is 2.46. The van der Waals surface area contributed by atoms with E-state index in [1.165, 1.54) is 30.6 Å². The minimum atomic E-state index is 0.701. The highest BCUT2D eigenvalue weighted by molar-refractivity contribution is 5.14. The van der Waals surface area contributed by atoms with Crippen LogP contribution in [0.5, 0.6) is 0 Å². The SMILES string of the molecule is CCCNCc1ccc(CN2CCC(N(C)C)C2)nc1. The van der Waals surface area contributed by atoms with Crippen molar-refractivity contribution in [3.05, 3.63) is 29.6 Å². The molecule has 0 spiro atoms. The Morgan fingerprint density at radius 2 is 2.25 bits per heavy atom. The largest absolute Gasteiger partial charge is 0.313 e. The molecule has 0 radical (unpaired) electrons. The van der Waals surface area contributed by atoms with Crippen LogP contribution < -0.4 is 5.32 Å². The highest BCUT2D eigenvalue weighted by Crippen LogP contribution is 2.15. The van der Waals surface area contributed by atoms with Crippen LogP contribution in [0.25, 0.3) is 0 Å². The van der Waals surface area contributed by atoms with E-state index in [1.54, 1.807) is 0 Å². The smallest absolute Gasteiger partial charge is 0.0544 e. The summed E-state index contributed by atoms with van der Waals surface area (Å²) in [6.45, 7) is 7.51. The molecular formula is C16H28N4. The Bertz CT molecular complexity index is 388. The number of hydrogen-bond acceptors (Lipinski definition) is 4. The lowest BCUT2D eigenvalue weighted by Gasteiger charge is -2.20. The quantitative estimate of drug-likeness (QED) is 0.768. The molecule has 0 saturated carbocycles. The molecule has 1 saturated heterocycles. The minimum Gasteiger partial charge on any atom is -0.313 e. The zero-order valence-corrected chi connectivity index (χ0v) is 13.1. The van der Waals surface area contributed by atoms with Gasteiger partial charge in [-0.3, -0.25) is 9.88 Å². The predicted octanol–water partition coefficient (Wildman–Crippen LogP) is 1.72. The van der Waals surface area contributed by atoms with E-state index in [9.17, 15) is 0 Å². The Hall–Kier alpha value is -0.970. The molecule has 0 aromatic carbocycles. The second kappa shape index (κ2) is 7.72. The first-order chi connectivity index (χ1) is 9.69. The number of pyridine rings is 1. The summed E-state index contributed by atoms with van der Waals surface area (Å²) >= 11 is 0. The van der Waals surface area contributed by atoms with E-state index < -0.39 is 0 Å². The van der Waals surface area contributed by atoms with E-state index in [0.29, 0.717) is 6.04 Å². The molecule has 1 aromatic rings. The fourth-order valence-electron chi connectivity index (χ4n) is 2.67. The van der Waals surface area contributed by atoms with Crippen LogP contribution in [0.3, 0.4) is 0 Å². The van der Waals surface area contributed by atoms with E-state index >= 15 is 0 Å². The first-order valence-corrected chi connectivity index (χ1v) is 7.72. The minimum absolute atomic E-state index is 0.701. The van der Waals surface area contributed by atoms with Gasteiger partial charge in [-0.05, 0) is 45.1 Å². The van der Waals surface area contributed by atoms with Crippen molar-refractivity contribution in [1.82, 2.24) is 20.1 Å². The summed E-state index contributed by atoms with van der Waals surface area (Å²) in [5.74, 6) is 0. The van der Waals surface area contributed by atoms with Gasteiger partial charge in [-0.15, -0.1) is 0 Å². The maximum absolute atomic E-state index is 4.60. The fourth-order valence-corrected chi connectivity index (χ4v) is 2.67. The molecule has 1 atom stereocenters. The molecule has 0 amide bonds. The standard InChI is InChI=1S/C16H28N4/c1-4-8-17-10-14-5-6-15(18-11-14)12-20-9-7-16(13-20)19(2)3/h5-6,11,16-17H,4,7-10,12-13H2,1-3H3. The number of rotatable bonds is 7. The van der Waals surface area contributed by atoms with Gasteiger partial charge in [0.2, 0.25) is 0 Å². The lowest BCUT2D eigenvalue weighted by atomic mass is 10.2. The van der Waals surface area contributed by atoms with Gasteiger partial charge in [-0.1, -0.05) is 13.0 Å². The van der Waals surface area contributed by atoms with Crippen LogP contribution in [0.4, 0.5) is 0 Å². The molecule has 0 bridgehead atoms. The molecule has 1 aliphatic rings. The lowest BCUT2D eigenvalue weighted by molar-refractivity contribution is 0.263. The second-order valence-corrected chi connectivity index (χ2v) is 5.98. The lowest BCUT2D eigenvalue weighted by Crippen LogP contribution is -2.31. The molecule has 1 N–H and O–H groups in total. The van der Waals surface area contributed by atoms with Crippen molar-refractivity contribution >= 4 is 0 Å². The van der Waals surface area contributed by atoms with Gasteiger partial charge < -0.3 is 10.2 Å². The molecule has 4 heteroatoms. The molecule has 1 unspecified atom stereocenters. The van der Waals surface area contributed by atoms with Crippen molar-refractivity contribution < 1.29 is 0 Å². The Labute approximate surface area is 123 Å². The Balaban J connectivity index is 1.79. The van der Waals surface area contributed by atoms with Crippen molar-refractivity contribution in [2.75, 3.05) is 33.7 Å². The summed E-state index contributed by atoms with van der Waals surface area (Å²) in [4.78, 5) is 9.43. The van der Waals surface area contributed by atoms with Crippen LogP contribution in [-0.2, 0) is 13.1 Å². The molecular weight excluding hydrogens is 248 g/mol. The molecule has 2 heterocycles. The molecule has 0 aliphatic carbocycles. The average Bonchev–Trinajstić information content (AvgIpc) is 2.90. The summed E-state index contributed by atoms with van der Waals surface area (Å²) < 4.78 is 0. The second-order valence-electron chi connectivity index (χ2n) is 5.98. The zero-order valence-electron chi connectivity index (χ0n) is 13.1. The monoisotopic (exact) mass is 276 g/mol. The van der Waals surface area contributed by atoms with Crippen molar-refractivity contribution in [3.63, 3.8) is 0 Å². The van der Waals surface area contributed by atoms with Gasteiger partial charge in [0, 0.05) is 38.4 Å². The normalized spacial score (nSPS) is 19.9. The van der Waals surface area contributed by atoms with Crippen LogP contribution in [0, 0.1) is 0 Å². The molecule has 1 fully saturated rings. The topological polar surface area (TPSA) is 31.4 Å². The van der Waals surface area contributed by atoms with E-state index in [1.807, 2.05) is 6.20 Å². The van der Waals surface area contributed by atoms with Crippen molar-refractivity contribution in [3.8, 4) is 0 Å². The average molecular weight is 276 g/mol. The van der Waals surface area contributed by atoms with E-state index in [-0.39, 0.29) is 0 Å². The number of aromatic nitrogens is 1. The third-order valence-corrected chi connectivity index (χ3v) is 4.01. The summed E-state index contributed by atoms with van der Waals surface area (Å²) in [6.07, 6.45) is 4.46. The van der Waals surface area contributed by atoms with Gasteiger partial charge in [0.15, 0.2) is 0 Å². The van der Waals surface area contributed by atoms with E-state index in [0.717, 1.165) is 26.2 Å². The number of likely N-dealkylation sites (N-methyl/N-ethyl adjacent to an activating group) is 1. The van der Waals surface area contributed by atoms with Gasteiger partial charge in [0.05, 0.1) is 5.69 Å². The summed E-state index contributed by atoms with van der Waals surface area (Å²) in [5, 5.41) is 3.41. The predicted molar refractivity (Wildman–Crippen MR) is 83.6 cm³/mol. The summed E-state index contributed by atoms with van der Waals surface area (Å²) in [6, 6.07) is 5.07. The highest BCUT2D eigenvalue weighted by Gasteiger charge is 2.23.